The Morgan fingerprint density at radius 3 is 2.16 bits per heavy atom. The molecular formula is C14H26N2O3. The Morgan fingerprint density at radius 2 is 1.79 bits per heavy atom. The quantitative estimate of drug-likeness (QED) is 0.821. The van der Waals surface area contributed by atoms with E-state index in [1.165, 1.54) is 0 Å². The predicted molar refractivity (Wildman–Crippen MR) is 73.9 cm³/mol. The third kappa shape index (κ3) is 3.69. The third-order valence-electron chi connectivity index (χ3n) is 3.94. The van der Waals surface area contributed by atoms with Crippen LogP contribution in [0.2, 0.25) is 0 Å². The minimum absolute atomic E-state index is 0.0670. The van der Waals surface area contributed by atoms with Crippen molar-refractivity contribution in [3.8, 4) is 0 Å². The first-order chi connectivity index (χ1) is 8.75. The van der Waals surface area contributed by atoms with Gasteiger partial charge in [-0.1, -0.05) is 0 Å². The molecule has 0 saturated carbocycles. The molecule has 2 unspecified atom stereocenters. The van der Waals surface area contributed by atoms with Crippen LogP contribution in [-0.4, -0.2) is 58.0 Å². The fraction of sp³-hybridized carbons (Fsp3) is 0.857. The zero-order chi connectivity index (χ0) is 14.7. The molecule has 1 N–H and O–H groups in total. The summed E-state index contributed by atoms with van der Waals surface area (Å²) in [6.07, 6.45) is 0.632. The van der Waals surface area contributed by atoms with Gasteiger partial charge in [-0.2, -0.15) is 0 Å². The Kier molecular flexibility index (Phi) is 5.35. The predicted octanol–water partition coefficient (Wildman–Crippen LogP) is 1.43. The highest BCUT2D eigenvalue weighted by Crippen LogP contribution is 2.24. The van der Waals surface area contributed by atoms with Gasteiger partial charge in [0.2, 0.25) is 5.91 Å². The molecule has 1 heterocycles. The van der Waals surface area contributed by atoms with Gasteiger partial charge in [0.25, 0.3) is 0 Å². The van der Waals surface area contributed by atoms with Gasteiger partial charge >= 0.3 is 5.97 Å². The second-order valence-electron chi connectivity index (χ2n) is 5.93. The molecule has 0 aromatic carbocycles. The summed E-state index contributed by atoms with van der Waals surface area (Å²) in [6.45, 7) is 10.9. The van der Waals surface area contributed by atoms with E-state index in [0.29, 0.717) is 19.5 Å². The highest BCUT2D eigenvalue weighted by Gasteiger charge is 2.37. The molecule has 1 aliphatic heterocycles. The van der Waals surface area contributed by atoms with Gasteiger partial charge in [0.1, 0.15) is 0 Å². The van der Waals surface area contributed by atoms with Gasteiger partial charge in [0.05, 0.1) is 12.5 Å². The summed E-state index contributed by atoms with van der Waals surface area (Å²) in [4.78, 5) is 27.3. The SMILES string of the molecule is CC1C(C(=O)O)CCN1CC(=O)N(C(C)C)C(C)C. The van der Waals surface area contributed by atoms with Gasteiger partial charge in [0, 0.05) is 18.1 Å². The zero-order valence-electron chi connectivity index (χ0n) is 12.6. The van der Waals surface area contributed by atoms with Crippen LogP contribution in [0.4, 0.5) is 0 Å². The van der Waals surface area contributed by atoms with Crippen LogP contribution in [0.1, 0.15) is 41.0 Å². The maximum absolute atomic E-state index is 12.3. The third-order valence-corrected chi connectivity index (χ3v) is 3.94. The lowest BCUT2D eigenvalue weighted by Crippen LogP contribution is -2.48. The Labute approximate surface area is 115 Å². The van der Waals surface area contributed by atoms with Crippen LogP contribution in [0.5, 0.6) is 0 Å². The normalized spacial score (nSPS) is 24.2. The zero-order valence-corrected chi connectivity index (χ0v) is 12.6. The van der Waals surface area contributed by atoms with Gasteiger partial charge in [-0.05, 0) is 47.6 Å². The van der Waals surface area contributed by atoms with Gasteiger partial charge in [-0.25, -0.2) is 0 Å². The van der Waals surface area contributed by atoms with E-state index < -0.39 is 5.97 Å². The Balaban J connectivity index is 2.65. The molecule has 5 heteroatoms. The van der Waals surface area contributed by atoms with Crippen molar-refractivity contribution in [1.82, 2.24) is 9.80 Å². The number of carboxylic acid groups (broad SMARTS) is 1. The van der Waals surface area contributed by atoms with Crippen LogP contribution in [-0.2, 0) is 9.59 Å². The smallest absolute Gasteiger partial charge is 0.308 e. The number of nitrogens with zero attached hydrogens (tertiary/aromatic N) is 2. The molecule has 110 valence electrons. The van der Waals surface area contributed by atoms with E-state index in [1.807, 2.05) is 44.4 Å². The topological polar surface area (TPSA) is 60.9 Å². The van der Waals surface area contributed by atoms with Crippen LogP contribution < -0.4 is 0 Å². The van der Waals surface area contributed by atoms with E-state index in [9.17, 15) is 9.59 Å². The maximum Gasteiger partial charge on any atom is 0.308 e. The van der Waals surface area contributed by atoms with E-state index >= 15 is 0 Å². The van der Waals surface area contributed by atoms with E-state index in [0.717, 1.165) is 0 Å². The first-order valence-corrected chi connectivity index (χ1v) is 7.03. The number of aliphatic carboxylic acids is 1. The molecule has 0 aromatic rings. The van der Waals surface area contributed by atoms with Crippen LogP contribution in [0.15, 0.2) is 0 Å². The molecule has 0 bridgehead atoms. The van der Waals surface area contributed by atoms with E-state index in [1.54, 1.807) is 0 Å². The summed E-state index contributed by atoms with van der Waals surface area (Å²) in [5.41, 5.74) is 0. The number of hydrogen-bond acceptors (Lipinski definition) is 3. The van der Waals surface area contributed by atoms with E-state index in [2.05, 4.69) is 0 Å². The van der Waals surface area contributed by atoms with Crippen LogP contribution in [0, 0.1) is 5.92 Å². The highest BCUT2D eigenvalue weighted by atomic mass is 16.4. The number of carbonyl (C=O) groups excluding carboxylic acids is 1. The summed E-state index contributed by atoms with van der Waals surface area (Å²) in [7, 11) is 0. The molecular weight excluding hydrogens is 244 g/mol. The average molecular weight is 270 g/mol. The minimum Gasteiger partial charge on any atom is -0.481 e. The molecule has 0 aliphatic carbocycles. The van der Waals surface area contributed by atoms with Gasteiger partial charge in [0.15, 0.2) is 0 Å². The van der Waals surface area contributed by atoms with E-state index in [-0.39, 0.29) is 30.0 Å². The fourth-order valence-corrected chi connectivity index (χ4v) is 2.98. The van der Waals surface area contributed by atoms with Gasteiger partial charge < -0.3 is 10.0 Å². The number of carboxylic acids is 1. The van der Waals surface area contributed by atoms with E-state index in [4.69, 9.17) is 5.11 Å². The van der Waals surface area contributed by atoms with Crippen molar-refractivity contribution in [1.29, 1.82) is 0 Å². The number of amides is 1. The molecule has 19 heavy (non-hydrogen) atoms. The van der Waals surface area contributed by atoms with Crippen molar-refractivity contribution >= 4 is 11.9 Å². The molecule has 1 amide bonds. The average Bonchev–Trinajstić information content (AvgIpc) is 2.59. The Bertz CT molecular complexity index is 334. The summed E-state index contributed by atoms with van der Waals surface area (Å²) < 4.78 is 0. The highest BCUT2D eigenvalue weighted by molar-refractivity contribution is 5.79. The Hall–Kier alpha value is -1.10. The lowest BCUT2D eigenvalue weighted by molar-refractivity contribution is -0.143. The molecule has 1 rings (SSSR count). The van der Waals surface area contributed by atoms with Crippen molar-refractivity contribution in [2.24, 2.45) is 5.92 Å². The summed E-state index contributed by atoms with van der Waals surface area (Å²) in [5, 5.41) is 9.10. The molecule has 0 spiro atoms. The molecule has 0 aromatic heterocycles. The standard InChI is InChI=1S/C14H26N2O3/c1-9(2)16(10(3)4)13(17)8-15-7-6-12(11(15)5)14(18)19/h9-12H,6-8H2,1-5H3,(H,18,19). The van der Waals surface area contributed by atoms with Gasteiger partial charge in [-0.15, -0.1) is 0 Å². The van der Waals surface area contributed by atoms with Gasteiger partial charge in [-0.3, -0.25) is 14.5 Å². The monoisotopic (exact) mass is 270 g/mol. The summed E-state index contributed by atoms with van der Waals surface area (Å²) >= 11 is 0. The Morgan fingerprint density at radius 1 is 1.26 bits per heavy atom. The molecule has 1 aliphatic rings. The fourth-order valence-electron chi connectivity index (χ4n) is 2.98. The van der Waals surface area contributed by atoms with Crippen molar-refractivity contribution in [2.45, 2.75) is 59.2 Å². The van der Waals surface area contributed by atoms with Crippen molar-refractivity contribution in [2.75, 3.05) is 13.1 Å². The summed E-state index contributed by atoms with van der Waals surface area (Å²) in [6, 6.07) is 0.268. The van der Waals surface area contributed by atoms with Crippen molar-refractivity contribution in [3.63, 3.8) is 0 Å². The second-order valence-corrected chi connectivity index (χ2v) is 5.93. The first kappa shape index (κ1) is 16.0. The van der Waals surface area contributed by atoms with Crippen molar-refractivity contribution < 1.29 is 14.7 Å². The molecule has 1 fully saturated rings. The first-order valence-electron chi connectivity index (χ1n) is 7.03. The van der Waals surface area contributed by atoms with Crippen LogP contribution >= 0.6 is 0 Å². The molecule has 1 saturated heterocycles. The van der Waals surface area contributed by atoms with Crippen LogP contribution in [0.3, 0.4) is 0 Å². The minimum atomic E-state index is -0.757. The number of carbonyl (C=O) groups is 2. The van der Waals surface area contributed by atoms with Crippen LogP contribution in [0.25, 0.3) is 0 Å². The summed E-state index contributed by atoms with van der Waals surface area (Å²) in [5.74, 6) is -1.02. The second kappa shape index (κ2) is 6.37. The lowest BCUT2D eigenvalue weighted by atomic mass is 10.0. The molecule has 0 radical (unpaired) electrons. The molecule has 5 nitrogen and oxygen atoms in total. The lowest BCUT2D eigenvalue weighted by Gasteiger charge is -2.33. The largest absolute Gasteiger partial charge is 0.481 e. The van der Waals surface area contributed by atoms with Crippen molar-refractivity contribution in [3.05, 3.63) is 0 Å². The molecule has 2 atom stereocenters. The number of hydrogen-bond donors (Lipinski definition) is 1. The maximum atomic E-state index is 12.3. The number of likely N-dealkylation sites (tertiary alicyclic amines) is 1. The number of rotatable bonds is 5.